The molecular formula is C73H54Cl8N6O12S. The summed E-state index contributed by atoms with van der Waals surface area (Å²) in [6.45, 7) is 0. The van der Waals surface area contributed by atoms with Gasteiger partial charge in [0, 0.05) is 82.4 Å². The summed E-state index contributed by atoms with van der Waals surface area (Å²) >= 11 is 50.3. The van der Waals surface area contributed by atoms with Crippen LogP contribution in [-0.2, 0) is 41.6 Å². The second-order valence-electron chi connectivity index (χ2n) is 25.3. The van der Waals surface area contributed by atoms with E-state index in [1.165, 1.54) is 70.9 Å². The number of carbonyl (C=O) groups is 8. The van der Waals surface area contributed by atoms with E-state index in [1.54, 1.807) is 36.5 Å². The highest BCUT2D eigenvalue weighted by Crippen LogP contribution is 2.52. The number of carbonyl (C=O) groups excluding carboxylic acids is 8. The molecule has 4 amide bonds. The summed E-state index contributed by atoms with van der Waals surface area (Å²) < 4.78 is 0. The second kappa shape index (κ2) is 27.6. The van der Waals surface area contributed by atoms with Gasteiger partial charge in [-0.2, -0.15) is 0 Å². The molecule has 0 spiro atoms. The van der Waals surface area contributed by atoms with Gasteiger partial charge in [0.05, 0.1) is 73.4 Å². The molecule has 0 radical (unpaired) electrons. The minimum Gasteiger partial charge on any atom is -0.375 e. The number of Topliss-reactive ketones (excluding diaryl/α,β-unsaturated/α-hetero) is 4. The summed E-state index contributed by atoms with van der Waals surface area (Å²) in [5.74, 6) is -2.73. The molecule has 3 saturated carbocycles. The number of pyridine rings is 2. The normalized spacial score (nSPS) is 21.1. The van der Waals surface area contributed by atoms with Gasteiger partial charge < -0.3 is 41.7 Å². The van der Waals surface area contributed by atoms with E-state index in [2.05, 4.69) is 31.2 Å². The molecule has 3 fully saturated rings. The molecule has 7 aliphatic rings. The quantitative estimate of drug-likeness (QED) is 0.0443. The number of hydrogen-bond donors (Lipinski definition) is 8. The molecule has 510 valence electrons. The van der Waals surface area contributed by atoms with Crippen LogP contribution in [0.5, 0.6) is 0 Å². The van der Waals surface area contributed by atoms with Crippen molar-refractivity contribution in [2.45, 2.75) is 104 Å². The lowest BCUT2D eigenvalue weighted by atomic mass is 9.87. The smallest absolute Gasteiger partial charge is 0.261 e. The molecule has 3 aliphatic carbocycles. The van der Waals surface area contributed by atoms with Crippen LogP contribution in [0, 0.1) is 0 Å². The average Bonchev–Trinajstić information content (AvgIpc) is 1.60. The van der Waals surface area contributed by atoms with Gasteiger partial charge in [-0.15, -0.1) is 11.3 Å². The molecule has 6 aromatic carbocycles. The molecule has 4 aliphatic heterocycles. The maximum absolute atomic E-state index is 12.8. The number of anilines is 4. The molecule has 18 nitrogen and oxygen atoms in total. The van der Waals surface area contributed by atoms with Crippen molar-refractivity contribution in [3.8, 4) is 0 Å². The maximum Gasteiger partial charge on any atom is 0.261 e. The number of halogens is 8. The Morgan fingerprint density at radius 2 is 0.800 bits per heavy atom. The number of nitrogens with zero attached hydrogens (tertiary/aromatic N) is 2. The number of ketones is 4. The highest BCUT2D eigenvalue weighted by molar-refractivity contribution is 7.14. The molecule has 9 aromatic rings. The van der Waals surface area contributed by atoms with E-state index >= 15 is 0 Å². The number of nitrogens with one attached hydrogen (secondary N) is 4. The highest BCUT2D eigenvalue weighted by Gasteiger charge is 2.53. The largest absolute Gasteiger partial charge is 0.375 e. The Labute approximate surface area is 614 Å². The van der Waals surface area contributed by atoms with Gasteiger partial charge in [-0.05, 0) is 152 Å². The highest BCUT2D eigenvalue weighted by atomic mass is 35.5. The van der Waals surface area contributed by atoms with Gasteiger partial charge in [0.15, 0.2) is 45.5 Å². The first-order valence-corrected chi connectivity index (χ1v) is 35.2. The SMILES string of the molecule is O=C(CC1(O)C(=O)Nc2c(Cl)ccc(Cl)c21)c1ccc(C2CC2)cn1.O=C(CC1(O)C(=O)Nc2c(Cl)ccc(Cl)c21)c1ccc(C2CC2)nc1.O=C(CC1(O)C(=O)Nc2c(Cl)ccc(Cl)c21)c1ccc(C2CC2)s1.O=C(CC1(O)C(=O)Nc2c(Cl)ccc(Cl)c21)c1ccc2ccccc2c1. The molecule has 7 heterocycles. The first-order valence-electron chi connectivity index (χ1n) is 31.3. The molecule has 4 unspecified atom stereocenters. The van der Waals surface area contributed by atoms with Gasteiger partial charge in [0.1, 0.15) is 5.69 Å². The number of aliphatic hydroxyl groups is 4. The van der Waals surface area contributed by atoms with Crippen molar-refractivity contribution in [2.75, 3.05) is 21.3 Å². The van der Waals surface area contributed by atoms with Gasteiger partial charge in [-0.3, -0.25) is 48.3 Å². The van der Waals surface area contributed by atoms with Crippen LogP contribution < -0.4 is 21.3 Å². The number of amides is 4. The molecule has 0 bridgehead atoms. The van der Waals surface area contributed by atoms with E-state index in [0.717, 1.165) is 60.6 Å². The molecule has 3 aromatic heterocycles. The van der Waals surface area contributed by atoms with Gasteiger partial charge in [-0.25, -0.2) is 0 Å². The van der Waals surface area contributed by atoms with Crippen molar-refractivity contribution >= 4 is 184 Å². The number of benzene rings is 6. The van der Waals surface area contributed by atoms with E-state index in [1.807, 2.05) is 48.5 Å². The lowest BCUT2D eigenvalue weighted by Gasteiger charge is -2.21. The number of hydrogen-bond acceptors (Lipinski definition) is 15. The summed E-state index contributed by atoms with van der Waals surface area (Å²) in [4.78, 5) is 110. The minimum atomic E-state index is -2.06. The van der Waals surface area contributed by atoms with E-state index in [0.29, 0.717) is 33.8 Å². The zero-order chi connectivity index (χ0) is 71.1. The molecule has 0 saturated heterocycles. The Hall–Kier alpha value is -7.70. The van der Waals surface area contributed by atoms with Crippen molar-refractivity contribution in [3.63, 3.8) is 0 Å². The summed E-state index contributed by atoms with van der Waals surface area (Å²) in [5, 5.41) is 57.5. The monoisotopic (exact) mass is 1520 g/mol. The molecule has 27 heteroatoms. The van der Waals surface area contributed by atoms with Crippen LogP contribution >= 0.6 is 104 Å². The number of thiophene rings is 1. The fourth-order valence-electron chi connectivity index (χ4n) is 12.5. The predicted molar refractivity (Wildman–Crippen MR) is 384 cm³/mol. The average molecular weight is 1520 g/mol. The van der Waals surface area contributed by atoms with Crippen LogP contribution in [0.15, 0.2) is 140 Å². The lowest BCUT2D eigenvalue weighted by molar-refractivity contribution is -0.133. The van der Waals surface area contributed by atoms with Gasteiger partial charge in [0.2, 0.25) is 0 Å². The number of fused-ring (bicyclic) bond motifs is 5. The van der Waals surface area contributed by atoms with E-state index < -0.39 is 76.9 Å². The summed E-state index contributed by atoms with van der Waals surface area (Å²) in [7, 11) is 0. The number of aromatic nitrogens is 2. The molecule has 4 atom stereocenters. The molecule has 8 N–H and O–H groups in total. The van der Waals surface area contributed by atoms with Gasteiger partial charge in [-0.1, -0.05) is 135 Å². The first kappa shape index (κ1) is 70.7. The number of rotatable bonds is 15. The molecular weight excluding hydrogens is 1470 g/mol. The van der Waals surface area contributed by atoms with Crippen LogP contribution in [-0.4, -0.2) is 77.2 Å². The third-order valence-corrected chi connectivity index (χ3v) is 22.2. The zero-order valence-electron chi connectivity index (χ0n) is 52.0. The Morgan fingerprint density at radius 3 is 1.21 bits per heavy atom. The van der Waals surface area contributed by atoms with Crippen LogP contribution in [0.4, 0.5) is 22.7 Å². The van der Waals surface area contributed by atoms with Crippen molar-refractivity contribution in [2.24, 2.45) is 0 Å². The van der Waals surface area contributed by atoms with Crippen molar-refractivity contribution in [1.82, 2.24) is 9.97 Å². The van der Waals surface area contributed by atoms with Crippen molar-refractivity contribution in [3.05, 3.63) is 240 Å². The summed E-state index contributed by atoms with van der Waals surface area (Å²) in [6.07, 6.45) is 8.33. The Morgan fingerprint density at radius 1 is 0.400 bits per heavy atom. The third kappa shape index (κ3) is 13.6. The second-order valence-corrected chi connectivity index (χ2v) is 29.7. The minimum absolute atomic E-state index is 0.134. The fraction of sp³-hybridized carbons (Fsp3) is 0.233. The Kier molecular flexibility index (Phi) is 19.5. The lowest BCUT2D eigenvalue weighted by Crippen LogP contribution is -2.36. The molecule has 16 rings (SSSR count). The maximum atomic E-state index is 12.8. The van der Waals surface area contributed by atoms with E-state index in [4.69, 9.17) is 92.8 Å². The van der Waals surface area contributed by atoms with Crippen LogP contribution in [0.25, 0.3) is 10.8 Å². The Balaban J connectivity index is 0.000000120. The first-order chi connectivity index (χ1) is 47.6. The fourth-order valence-corrected chi connectivity index (χ4v) is 15.7. The molecule has 100 heavy (non-hydrogen) atoms. The van der Waals surface area contributed by atoms with Crippen LogP contribution in [0.3, 0.4) is 0 Å². The Bertz CT molecular complexity index is 4820. The van der Waals surface area contributed by atoms with Crippen LogP contribution in [0.1, 0.15) is 161 Å². The topological polar surface area (TPSA) is 291 Å². The summed E-state index contributed by atoms with van der Waals surface area (Å²) in [5.41, 5.74) is -3.53. The van der Waals surface area contributed by atoms with Crippen molar-refractivity contribution in [1.29, 1.82) is 0 Å². The van der Waals surface area contributed by atoms with Crippen molar-refractivity contribution < 1.29 is 58.8 Å². The van der Waals surface area contributed by atoms with E-state index in [9.17, 15) is 58.8 Å². The predicted octanol–water partition coefficient (Wildman–Crippen LogP) is 16.3. The van der Waals surface area contributed by atoms with Gasteiger partial charge >= 0.3 is 0 Å². The standard InChI is InChI=1S/C20H13Cl2NO3.2C18H14Cl2N2O3.C17H13Cl2NO3S/c21-14-7-8-15(22)18-17(14)20(26,19(25)23-18)10-16(24)13-6-5-11-3-1-2-4-12(11)9-13;19-11-4-5-12(20)16-15(11)18(25,17(24)22-16)7-14(23)10-3-6-13(21-8-10)9-1-2-9;19-11-4-5-12(20)16-15(11)18(25,17(24)22-16)7-14(23)13-6-3-10(8-21-13)9-1-2-9;18-9-3-4-10(19)15-14(9)17(23,16(22)20-15)7-11(21)13-6-5-12(24-13)8-1-2-8/h1-9,26H,10H2,(H,23,25);2*3-6,8-9,25H,1-2,7H2,(H,22,24);3-6,8,23H,1-2,7H2,(H,20,22). The van der Waals surface area contributed by atoms with Crippen LogP contribution in [0.2, 0.25) is 40.2 Å². The summed E-state index contributed by atoms with van der Waals surface area (Å²) in [6, 6.07) is 35.7. The third-order valence-electron chi connectivity index (χ3n) is 18.4. The zero-order valence-corrected chi connectivity index (χ0v) is 58.8. The van der Waals surface area contributed by atoms with E-state index in [-0.39, 0.29) is 109 Å². The van der Waals surface area contributed by atoms with Gasteiger partial charge in [0.25, 0.3) is 23.6 Å².